The van der Waals surface area contributed by atoms with Gasteiger partial charge in [-0.1, -0.05) is 35.5 Å². The lowest BCUT2D eigenvalue weighted by atomic mass is 10.2. The molecule has 0 saturated heterocycles. The summed E-state index contributed by atoms with van der Waals surface area (Å²) in [6.45, 7) is 1.88. The Morgan fingerprint density at radius 3 is 2.64 bits per heavy atom. The Kier molecular flexibility index (Phi) is 4.81. The average molecular weight is 392 g/mol. The Morgan fingerprint density at radius 2 is 1.86 bits per heavy atom. The van der Waals surface area contributed by atoms with Gasteiger partial charge < -0.3 is 4.74 Å². The average Bonchev–Trinajstić information content (AvgIpc) is 3.34. The lowest BCUT2D eigenvalue weighted by Gasteiger charge is -2.08. The number of ether oxygens (including phenoxy) is 1. The van der Waals surface area contributed by atoms with Gasteiger partial charge in [0.15, 0.2) is 11.5 Å². The molecule has 140 valence electrons. The van der Waals surface area contributed by atoms with E-state index in [0.717, 1.165) is 22.9 Å². The van der Waals surface area contributed by atoms with Crippen molar-refractivity contribution in [1.29, 1.82) is 0 Å². The molecule has 0 aliphatic carbocycles. The van der Waals surface area contributed by atoms with Crippen LogP contribution in [0.3, 0.4) is 0 Å². The molecule has 2 aromatic carbocycles. The molecular formula is C19H16N6O2S. The second-order valence-electron chi connectivity index (χ2n) is 5.85. The third kappa shape index (κ3) is 3.35. The van der Waals surface area contributed by atoms with Crippen LogP contribution in [0.2, 0.25) is 0 Å². The maximum absolute atomic E-state index is 12.3. The van der Waals surface area contributed by atoms with Crippen molar-refractivity contribution >= 4 is 22.6 Å². The van der Waals surface area contributed by atoms with Gasteiger partial charge >= 0.3 is 0 Å². The summed E-state index contributed by atoms with van der Waals surface area (Å²) in [6, 6.07) is 16.5. The Morgan fingerprint density at radius 1 is 1.11 bits per heavy atom. The topological polar surface area (TPSA) is 94.8 Å². The van der Waals surface area contributed by atoms with E-state index in [9.17, 15) is 4.79 Å². The highest BCUT2D eigenvalue weighted by Gasteiger charge is 2.19. The van der Waals surface area contributed by atoms with Gasteiger partial charge in [-0.05, 0) is 31.2 Å². The number of carbonyl (C=O) groups is 1. The summed E-state index contributed by atoms with van der Waals surface area (Å²) in [6.07, 6.45) is 0. The van der Waals surface area contributed by atoms with E-state index in [0.29, 0.717) is 28.0 Å². The molecule has 0 saturated carbocycles. The SMILES string of the molecule is COc1ccccc1-n1nnc(-c2nsc(NC(=O)c3ccccc3)n2)c1C. The molecule has 4 aromatic rings. The van der Waals surface area contributed by atoms with E-state index < -0.39 is 0 Å². The Bertz CT molecular complexity index is 1120. The van der Waals surface area contributed by atoms with Crippen molar-refractivity contribution in [3.8, 4) is 23.0 Å². The lowest BCUT2D eigenvalue weighted by molar-refractivity contribution is 0.102. The number of carbonyl (C=O) groups excluding carboxylic acids is 1. The molecule has 0 aliphatic heterocycles. The lowest BCUT2D eigenvalue weighted by Crippen LogP contribution is -2.11. The zero-order valence-corrected chi connectivity index (χ0v) is 16.0. The van der Waals surface area contributed by atoms with Crippen molar-refractivity contribution in [3.63, 3.8) is 0 Å². The predicted molar refractivity (Wildman–Crippen MR) is 106 cm³/mol. The maximum Gasteiger partial charge on any atom is 0.257 e. The number of methoxy groups -OCH3 is 1. The molecule has 1 N–H and O–H groups in total. The molecule has 0 unspecified atom stereocenters. The molecule has 0 bridgehead atoms. The molecule has 1 amide bonds. The third-order valence-corrected chi connectivity index (χ3v) is 4.73. The van der Waals surface area contributed by atoms with Gasteiger partial charge in [0.1, 0.15) is 11.4 Å². The van der Waals surface area contributed by atoms with Crippen LogP contribution in [-0.4, -0.2) is 37.4 Å². The molecule has 8 nitrogen and oxygen atoms in total. The van der Waals surface area contributed by atoms with E-state index in [2.05, 4.69) is 25.0 Å². The minimum absolute atomic E-state index is 0.238. The Labute approximate surface area is 165 Å². The van der Waals surface area contributed by atoms with Crippen LogP contribution in [0.1, 0.15) is 16.1 Å². The largest absolute Gasteiger partial charge is 0.494 e. The molecule has 4 rings (SSSR count). The number of hydrogen-bond acceptors (Lipinski definition) is 7. The third-order valence-electron chi connectivity index (χ3n) is 4.10. The van der Waals surface area contributed by atoms with Gasteiger partial charge in [0.2, 0.25) is 5.13 Å². The van der Waals surface area contributed by atoms with Crippen LogP contribution in [-0.2, 0) is 0 Å². The number of para-hydroxylation sites is 2. The van der Waals surface area contributed by atoms with Gasteiger partial charge in [0, 0.05) is 17.1 Å². The molecule has 0 fully saturated rings. The summed E-state index contributed by atoms with van der Waals surface area (Å²) in [5.74, 6) is 0.855. The monoisotopic (exact) mass is 392 g/mol. The molecule has 0 spiro atoms. The number of nitrogens with one attached hydrogen (secondary N) is 1. The standard InChI is InChI=1S/C19H16N6O2S/c1-12-16(22-24-25(12)14-10-6-7-11-15(14)27-2)17-20-19(28-23-17)21-18(26)13-8-4-3-5-9-13/h3-11H,1-2H3,(H,20,21,23,26). The van der Waals surface area contributed by atoms with Gasteiger partial charge in [-0.2, -0.15) is 9.36 Å². The number of nitrogens with zero attached hydrogens (tertiary/aromatic N) is 5. The number of rotatable bonds is 5. The second-order valence-corrected chi connectivity index (χ2v) is 6.60. The van der Waals surface area contributed by atoms with Crippen molar-refractivity contribution < 1.29 is 9.53 Å². The van der Waals surface area contributed by atoms with Crippen LogP contribution in [0.15, 0.2) is 54.6 Å². The summed E-state index contributed by atoms with van der Waals surface area (Å²) < 4.78 is 11.4. The summed E-state index contributed by atoms with van der Waals surface area (Å²) in [5, 5.41) is 11.6. The van der Waals surface area contributed by atoms with Crippen molar-refractivity contribution in [1.82, 2.24) is 24.4 Å². The molecule has 0 atom stereocenters. The fraction of sp³-hybridized carbons (Fsp3) is 0.105. The Hall–Kier alpha value is -3.59. The first-order valence-corrected chi connectivity index (χ1v) is 9.21. The van der Waals surface area contributed by atoms with Gasteiger partial charge in [-0.15, -0.1) is 5.10 Å². The predicted octanol–water partition coefficient (Wildman–Crippen LogP) is 3.36. The normalized spacial score (nSPS) is 10.6. The van der Waals surface area contributed by atoms with Crippen LogP contribution in [0.25, 0.3) is 17.2 Å². The van der Waals surface area contributed by atoms with Crippen molar-refractivity contribution in [2.24, 2.45) is 0 Å². The summed E-state index contributed by atoms with van der Waals surface area (Å²) in [4.78, 5) is 16.7. The Balaban J connectivity index is 1.60. The second kappa shape index (κ2) is 7.57. The fourth-order valence-corrected chi connectivity index (χ4v) is 3.26. The first-order chi connectivity index (χ1) is 13.7. The summed E-state index contributed by atoms with van der Waals surface area (Å²) >= 11 is 1.09. The maximum atomic E-state index is 12.3. The van der Waals surface area contributed by atoms with E-state index >= 15 is 0 Å². The van der Waals surface area contributed by atoms with Crippen molar-refractivity contribution in [2.75, 3.05) is 12.4 Å². The first-order valence-electron chi connectivity index (χ1n) is 8.43. The van der Waals surface area contributed by atoms with Crippen molar-refractivity contribution in [3.05, 3.63) is 65.9 Å². The highest BCUT2D eigenvalue weighted by Crippen LogP contribution is 2.27. The van der Waals surface area contributed by atoms with Crippen molar-refractivity contribution in [2.45, 2.75) is 6.92 Å². The van der Waals surface area contributed by atoms with Gasteiger partial charge in [-0.3, -0.25) is 10.1 Å². The fourth-order valence-electron chi connectivity index (χ4n) is 2.70. The van der Waals surface area contributed by atoms with Gasteiger partial charge in [0.25, 0.3) is 5.91 Å². The van der Waals surface area contributed by atoms with Crippen LogP contribution < -0.4 is 10.1 Å². The zero-order chi connectivity index (χ0) is 19.5. The molecule has 0 aliphatic rings. The number of hydrogen-bond donors (Lipinski definition) is 1. The van der Waals surface area contributed by atoms with E-state index in [4.69, 9.17) is 4.74 Å². The van der Waals surface area contributed by atoms with E-state index in [-0.39, 0.29) is 5.91 Å². The number of anilines is 1. The van der Waals surface area contributed by atoms with Crippen LogP contribution in [0, 0.1) is 6.92 Å². The molecule has 2 aromatic heterocycles. The minimum Gasteiger partial charge on any atom is -0.494 e. The molecule has 2 heterocycles. The number of aromatic nitrogens is 5. The minimum atomic E-state index is -0.238. The summed E-state index contributed by atoms with van der Waals surface area (Å²) in [7, 11) is 1.61. The number of benzene rings is 2. The van der Waals surface area contributed by atoms with Crippen LogP contribution in [0.5, 0.6) is 5.75 Å². The first kappa shape index (κ1) is 17.8. The highest BCUT2D eigenvalue weighted by molar-refractivity contribution is 7.10. The van der Waals surface area contributed by atoms with Crippen LogP contribution in [0.4, 0.5) is 5.13 Å². The summed E-state index contributed by atoms with van der Waals surface area (Å²) in [5.41, 5.74) is 2.64. The molecule has 28 heavy (non-hydrogen) atoms. The van der Waals surface area contributed by atoms with E-state index in [1.54, 1.807) is 36.1 Å². The quantitative estimate of drug-likeness (QED) is 0.560. The number of amides is 1. The molecular weight excluding hydrogens is 376 g/mol. The van der Waals surface area contributed by atoms with Crippen LogP contribution >= 0.6 is 11.5 Å². The highest BCUT2D eigenvalue weighted by atomic mass is 32.1. The van der Waals surface area contributed by atoms with E-state index in [1.807, 2.05) is 37.3 Å². The van der Waals surface area contributed by atoms with E-state index in [1.165, 1.54) is 0 Å². The molecule has 9 heteroatoms. The smallest absolute Gasteiger partial charge is 0.257 e. The zero-order valence-electron chi connectivity index (χ0n) is 15.2. The van der Waals surface area contributed by atoms with Gasteiger partial charge in [-0.25, -0.2) is 4.68 Å². The van der Waals surface area contributed by atoms with Gasteiger partial charge in [0.05, 0.1) is 12.8 Å². The molecule has 0 radical (unpaired) electrons.